The number of fused-ring (bicyclic) bond motifs is 3. The molecule has 0 unspecified atom stereocenters. The third-order valence-electron chi connectivity index (χ3n) is 6.87. The zero-order valence-corrected chi connectivity index (χ0v) is 19.1. The van der Waals surface area contributed by atoms with Crippen LogP contribution in [0.4, 0.5) is 0 Å². The van der Waals surface area contributed by atoms with Gasteiger partial charge in [-0.1, -0.05) is 32.9 Å². The van der Waals surface area contributed by atoms with Crippen LogP contribution in [-0.4, -0.2) is 35.1 Å². The van der Waals surface area contributed by atoms with Gasteiger partial charge in [-0.2, -0.15) is 0 Å². The maximum Gasteiger partial charge on any atom is 0.270 e. The molecular weight excluding hydrogens is 392 g/mol. The molecule has 1 amide bonds. The monoisotopic (exact) mass is 422 g/mol. The smallest absolute Gasteiger partial charge is 0.270 e. The molecule has 0 radical (unpaired) electrons. The van der Waals surface area contributed by atoms with E-state index in [-0.39, 0.29) is 11.3 Å². The Morgan fingerprint density at radius 3 is 2.83 bits per heavy atom. The first-order valence-corrected chi connectivity index (χ1v) is 11.7. The van der Waals surface area contributed by atoms with Gasteiger partial charge in [-0.05, 0) is 65.3 Å². The van der Waals surface area contributed by atoms with Gasteiger partial charge in [0.25, 0.3) is 5.91 Å². The molecule has 3 aromatic rings. The fourth-order valence-electron chi connectivity index (χ4n) is 6.11. The second-order valence-corrected chi connectivity index (χ2v) is 11.2. The number of methoxy groups -OCH3 is 1. The maximum absolute atomic E-state index is 13.8. The fraction of sp³-hybridized carbons (Fsp3) is 0.480. The Hall–Kier alpha value is -2.27. The number of carbonyl (C=O) groups is 1. The number of nitrogens with zero attached hydrogens (tertiary/aromatic N) is 2. The average molecular weight is 423 g/mol. The Kier molecular flexibility index (Phi) is 4.51. The molecule has 30 heavy (non-hydrogen) atoms. The lowest BCUT2D eigenvalue weighted by molar-refractivity contribution is 0.0698. The van der Waals surface area contributed by atoms with Crippen LogP contribution in [-0.2, 0) is 6.54 Å². The topological polar surface area (TPSA) is 34.5 Å². The predicted octanol–water partition coefficient (Wildman–Crippen LogP) is 5.80. The molecule has 5 rings (SSSR count). The van der Waals surface area contributed by atoms with Crippen molar-refractivity contribution in [2.24, 2.45) is 10.8 Å². The summed E-state index contributed by atoms with van der Waals surface area (Å²) in [6.07, 6.45) is 3.42. The van der Waals surface area contributed by atoms with Crippen LogP contribution in [0.1, 0.15) is 56.1 Å². The van der Waals surface area contributed by atoms with Crippen molar-refractivity contribution in [1.29, 1.82) is 0 Å². The first-order valence-electron chi connectivity index (χ1n) is 10.8. The molecule has 5 heteroatoms. The molecule has 1 saturated carbocycles. The van der Waals surface area contributed by atoms with Gasteiger partial charge in [-0.25, -0.2) is 0 Å². The normalized spacial score (nSPS) is 25.1. The van der Waals surface area contributed by atoms with Gasteiger partial charge >= 0.3 is 0 Å². The lowest BCUT2D eigenvalue weighted by atomic mass is 9.65. The molecule has 1 saturated heterocycles. The highest BCUT2D eigenvalue weighted by Crippen LogP contribution is 2.52. The summed E-state index contributed by atoms with van der Waals surface area (Å²) in [5, 5.41) is 3.26. The first kappa shape index (κ1) is 19.7. The van der Waals surface area contributed by atoms with Gasteiger partial charge in [0.2, 0.25) is 0 Å². The quantitative estimate of drug-likeness (QED) is 0.532. The zero-order valence-electron chi connectivity index (χ0n) is 18.3. The first-order chi connectivity index (χ1) is 14.3. The second-order valence-electron chi connectivity index (χ2n) is 10.3. The Morgan fingerprint density at radius 1 is 1.20 bits per heavy atom. The number of aromatic nitrogens is 1. The summed E-state index contributed by atoms with van der Waals surface area (Å²) < 4.78 is 7.60. The number of amides is 1. The number of benzene rings is 1. The number of likely N-dealkylation sites (tertiary alicyclic amines) is 1. The largest absolute Gasteiger partial charge is 0.497 e. The molecule has 158 valence electrons. The number of hydrogen-bond acceptors (Lipinski definition) is 3. The Labute approximate surface area is 182 Å². The summed E-state index contributed by atoms with van der Waals surface area (Å²) >= 11 is 1.70. The minimum absolute atomic E-state index is 0.188. The highest BCUT2D eigenvalue weighted by Gasteiger charge is 2.51. The molecule has 0 spiro atoms. The number of ether oxygens (including phenoxy) is 1. The lowest BCUT2D eigenvalue weighted by Gasteiger charge is -2.39. The van der Waals surface area contributed by atoms with Crippen LogP contribution in [0.3, 0.4) is 0 Å². The third-order valence-corrected chi connectivity index (χ3v) is 7.82. The molecule has 2 aromatic heterocycles. The highest BCUT2D eigenvalue weighted by atomic mass is 32.1. The van der Waals surface area contributed by atoms with Crippen molar-refractivity contribution < 1.29 is 9.53 Å². The van der Waals surface area contributed by atoms with Gasteiger partial charge in [0.05, 0.1) is 7.11 Å². The van der Waals surface area contributed by atoms with Crippen molar-refractivity contribution in [3.63, 3.8) is 0 Å². The predicted molar refractivity (Wildman–Crippen MR) is 122 cm³/mol. The summed E-state index contributed by atoms with van der Waals surface area (Å²) in [5.74, 6) is 1.03. The van der Waals surface area contributed by atoms with E-state index in [9.17, 15) is 4.79 Å². The van der Waals surface area contributed by atoms with Crippen LogP contribution in [0.2, 0.25) is 0 Å². The van der Waals surface area contributed by atoms with Crippen LogP contribution in [0.5, 0.6) is 5.75 Å². The molecule has 2 fully saturated rings. The minimum atomic E-state index is 0.188. The molecular formula is C25H30N2O2S. The van der Waals surface area contributed by atoms with E-state index in [1.165, 1.54) is 6.42 Å². The van der Waals surface area contributed by atoms with Crippen molar-refractivity contribution in [1.82, 2.24) is 9.47 Å². The highest BCUT2D eigenvalue weighted by molar-refractivity contribution is 7.16. The maximum atomic E-state index is 13.8. The van der Waals surface area contributed by atoms with E-state index in [2.05, 4.69) is 59.9 Å². The summed E-state index contributed by atoms with van der Waals surface area (Å²) in [6.45, 7) is 8.61. The van der Waals surface area contributed by atoms with Gasteiger partial charge in [0.15, 0.2) is 0 Å². The van der Waals surface area contributed by atoms with Crippen molar-refractivity contribution in [3.05, 3.63) is 53.0 Å². The number of hydrogen-bond donors (Lipinski definition) is 0. The average Bonchev–Trinajstić information content (AvgIpc) is 3.33. The minimum Gasteiger partial charge on any atom is -0.497 e. The van der Waals surface area contributed by atoms with Crippen molar-refractivity contribution in [2.75, 3.05) is 13.7 Å². The van der Waals surface area contributed by atoms with Crippen LogP contribution in [0, 0.1) is 10.8 Å². The van der Waals surface area contributed by atoms with Crippen LogP contribution in [0.25, 0.3) is 10.2 Å². The number of rotatable bonds is 4. The van der Waals surface area contributed by atoms with Crippen LogP contribution in [0.15, 0.2) is 41.8 Å². The molecule has 2 atom stereocenters. The van der Waals surface area contributed by atoms with E-state index in [1.54, 1.807) is 18.4 Å². The Balaban J connectivity index is 1.51. The molecule has 2 aliphatic rings. The molecule has 0 N–H and O–H groups in total. The van der Waals surface area contributed by atoms with Crippen molar-refractivity contribution in [2.45, 2.75) is 52.6 Å². The van der Waals surface area contributed by atoms with E-state index in [0.29, 0.717) is 18.0 Å². The Bertz CT molecular complexity index is 1110. The molecule has 1 aromatic carbocycles. The van der Waals surface area contributed by atoms with E-state index >= 15 is 0 Å². The van der Waals surface area contributed by atoms with Gasteiger partial charge in [-0.3, -0.25) is 4.79 Å². The third kappa shape index (κ3) is 3.33. The van der Waals surface area contributed by atoms with Gasteiger partial charge in [0.1, 0.15) is 16.3 Å². The SMILES string of the molecule is COc1cccc(Cn2c(C(=O)N3C[C@]4(C)C[C@@H]3CC(C)(C)C4)cc3ccsc32)c1. The summed E-state index contributed by atoms with van der Waals surface area (Å²) in [4.78, 5) is 17.2. The Morgan fingerprint density at radius 2 is 2.03 bits per heavy atom. The second kappa shape index (κ2) is 6.88. The number of thiophene rings is 1. The fourth-order valence-corrected chi connectivity index (χ4v) is 7.00. The van der Waals surface area contributed by atoms with Crippen LogP contribution < -0.4 is 4.74 Å². The lowest BCUT2D eigenvalue weighted by Crippen LogP contribution is -2.38. The molecule has 1 aliphatic heterocycles. The van der Waals surface area contributed by atoms with Crippen molar-refractivity contribution in [3.8, 4) is 5.75 Å². The zero-order chi connectivity index (χ0) is 21.1. The molecule has 1 aliphatic carbocycles. The van der Waals surface area contributed by atoms with E-state index in [4.69, 9.17) is 4.74 Å². The van der Waals surface area contributed by atoms with Crippen molar-refractivity contribution >= 4 is 27.5 Å². The molecule has 2 bridgehead atoms. The number of carbonyl (C=O) groups excluding carboxylic acids is 1. The summed E-state index contributed by atoms with van der Waals surface area (Å²) in [7, 11) is 1.69. The standard InChI is InChI=1S/C25H30N2O2S/c1-24(2)12-19-13-25(3,15-24)16-27(19)22(28)21-11-18-8-9-30-23(18)26(21)14-17-6-5-7-20(10-17)29-4/h5-11,19H,12-16H2,1-4H3/t19-,25+/m0/s1. The van der Waals surface area contributed by atoms with Gasteiger partial charge in [0, 0.05) is 24.5 Å². The summed E-state index contributed by atoms with van der Waals surface area (Å²) in [5.41, 5.74) is 2.50. The van der Waals surface area contributed by atoms with E-state index < -0.39 is 0 Å². The summed E-state index contributed by atoms with van der Waals surface area (Å²) in [6, 6.07) is 12.7. The van der Waals surface area contributed by atoms with E-state index in [1.807, 2.05) is 12.1 Å². The molecule has 3 heterocycles. The van der Waals surface area contributed by atoms with Crippen LogP contribution >= 0.6 is 11.3 Å². The van der Waals surface area contributed by atoms with Gasteiger partial charge < -0.3 is 14.2 Å². The van der Waals surface area contributed by atoms with E-state index in [0.717, 1.165) is 46.6 Å². The van der Waals surface area contributed by atoms with Gasteiger partial charge in [-0.15, -0.1) is 11.3 Å². The molecule has 4 nitrogen and oxygen atoms in total.